The summed E-state index contributed by atoms with van der Waals surface area (Å²) in [5, 5.41) is 2.52. The molecule has 2 aliphatic heterocycles. The van der Waals surface area contributed by atoms with E-state index in [1.165, 1.54) is 31.4 Å². The van der Waals surface area contributed by atoms with Crippen LogP contribution in [0.25, 0.3) is 0 Å². The number of fused-ring (bicyclic) bond motifs is 1. The molecular formula is C18H18N4O6S. The van der Waals surface area contributed by atoms with Crippen molar-refractivity contribution in [3.05, 3.63) is 30.3 Å². The van der Waals surface area contributed by atoms with Crippen LogP contribution in [0.4, 0.5) is 17.3 Å². The van der Waals surface area contributed by atoms with Gasteiger partial charge in [-0.1, -0.05) is 0 Å². The lowest BCUT2D eigenvalue weighted by Crippen LogP contribution is -2.26. The first-order valence-electron chi connectivity index (χ1n) is 8.82. The third-order valence-corrected chi connectivity index (χ3v) is 5.91. The number of methoxy groups -OCH3 is 1. The first-order chi connectivity index (χ1) is 13.9. The predicted octanol–water partition coefficient (Wildman–Crippen LogP) is 1.35. The van der Waals surface area contributed by atoms with Crippen molar-refractivity contribution in [2.24, 2.45) is 0 Å². The number of benzene rings is 1. The van der Waals surface area contributed by atoms with Gasteiger partial charge in [0.2, 0.25) is 5.91 Å². The van der Waals surface area contributed by atoms with Gasteiger partial charge in [-0.05, 0) is 36.8 Å². The Kier molecular flexibility index (Phi) is 4.74. The molecule has 2 amide bonds. The molecule has 1 aromatic carbocycles. The van der Waals surface area contributed by atoms with Crippen LogP contribution in [0.5, 0.6) is 11.5 Å². The summed E-state index contributed by atoms with van der Waals surface area (Å²) in [6.45, 7) is 0.406. The summed E-state index contributed by atoms with van der Waals surface area (Å²) < 4.78 is 38.8. The highest BCUT2D eigenvalue weighted by Crippen LogP contribution is 2.33. The Labute approximate surface area is 166 Å². The molecule has 2 aromatic rings. The Bertz CT molecular complexity index is 1100. The second-order valence-corrected chi connectivity index (χ2v) is 8.12. The van der Waals surface area contributed by atoms with Gasteiger partial charge in [-0.15, -0.1) is 0 Å². The second-order valence-electron chi connectivity index (χ2n) is 6.47. The van der Waals surface area contributed by atoms with Crippen molar-refractivity contribution in [1.82, 2.24) is 4.98 Å². The van der Waals surface area contributed by atoms with Gasteiger partial charge >= 0.3 is 0 Å². The lowest BCUT2D eigenvalue weighted by Gasteiger charge is -2.19. The summed E-state index contributed by atoms with van der Waals surface area (Å²) >= 11 is 0. The fourth-order valence-corrected chi connectivity index (χ4v) is 4.37. The molecule has 11 heteroatoms. The van der Waals surface area contributed by atoms with Crippen molar-refractivity contribution in [3.63, 3.8) is 0 Å². The van der Waals surface area contributed by atoms with Crippen molar-refractivity contribution >= 4 is 39.2 Å². The number of rotatable bonds is 5. The summed E-state index contributed by atoms with van der Waals surface area (Å²) in [6.07, 6.45) is 1.15. The van der Waals surface area contributed by atoms with Crippen LogP contribution in [-0.2, 0) is 19.6 Å². The first-order valence-corrected chi connectivity index (χ1v) is 10.3. The number of nitrogens with one attached hydrogen (secondary N) is 2. The fourth-order valence-electron chi connectivity index (χ4n) is 3.18. The molecule has 1 fully saturated rings. The summed E-state index contributed by atoms with van der Waals surface area (Å²) in [5.41, 5.74) is 0.479. The Hall–Kier alpha value is -3.34. The van der Waals surface area contributed by atoms with Gasteiger partial charge in [-0.3, -0.25) is 14.3 Å². The molecule has 4 rings (SSSR count). The molecule has 1 saturated heterocycles. The number of pyridine rings is 1. The Balaban J connectivity index is 1.67. The molecule has 0 spiro atoms. The van der Waals surface area contributed by atoms with E-state index in [0.29, 0.717) is 24.4 Å². The molecule has 3 heterocycles. The predicted molar refractivity (Wildman–Crippen MR) is 104 cm³/mol. The number of carbonyl (C=O) groups excluding carboxylic acids is 2. The van der Waals surface area contributed by atoms with E-state index in [0.717, 1.165) is 6.42 Å². The average molecular weight is 418 g/mol. The van der Waals surface area contributed by atoms with E-state index < -0.39 is 10.0 Å². The smallest absolute Gasteiger partial charge is 0.266 e. The van der Waals surface area contributed by atoms with Gasteiger partial charge in [0.15, 0.2) is 18.2 Å². The van der Waals surface area contributed by atoms with Crippen LogP contribution in [-0.4, -0.2) is 45.5 Å². The number of aromatic nitrogens is 1. The zero-order valence-electron chi connectivity index (χ0n) is 15.5. The quantitative estimate of drug-likeness (QED) is 0.750. The Morgan fingerprint density at radius 3 is 2.79 bits per heavy atom. The standard InChI is InChI=1S/C18H18N4O6S/c1-27-12-5-4-11(22-8-2-3-17(22)24)9-14(12)29(25,26)21-15-7-6-13-18(19-15)20-16(23)10-28-13/h4-7,9H,2-3,8,10H2,1H3,(H2,19,20,21,23). The molecule has 2 aliphatic rings. The molecule has 10 nitrogen and oxygen atoms in total. The van der Waals surface area contributed by atoms with E-state index >= 15 is 0 Å². The van der Waals surface area contributed by atoms with Crippen LogP contribution in [0.3, 0.4) is 0 Å². The van der Waals surface area contributed by atoms with Gasteiger partial charge in [0.25, 0.3) is 15.9 Å². The number of ether oxygens (including phenoxy) is 2. The van der Waals surface area contributed by atoms with E-state index in [1.807, 2.05) is 0 Å². The summed E-state index contributed by atoms with van der Waals surface area (Å²) in [5.74, 6) is 0.166. The zero-order chi connectivity index (χ0) is 20.6. The molecule has 2 N–H and O–H groups in total. The SMILES string of the molecule is COc1ccc(N2CCCC2=O)cc1S(=O)(=O)Nc1ccc2c(n1)NC(=O)CO2. The highest BCUT2D eigenvalue weighted by molar-refractivity contribution is 7.92. The van der Waals surface area contributed by atoms with Crippen molar-refractivity contribution in [1.29, 1.82) is 0 Å². The van der Waals surface area contributed by atoms with E-state index in [2.05, 4.69) is 15.0 Å². The van der Waals surface area contributed by atoms with Gasteiger partial charge in [0, 0.05) is 18.7 Å². The highest BCUT2D eigenvalue weighted by Gasteiger charge is 2.27. The van der Waals surface area contributed by atoms with Crippen LogP contribution < -0.4 is 24.4 Å². The van der Waals surface area contributed by atoms with Crippen LogP contribution in [0, 0.1) is 0 Å². The van der Waals surface area contributed by atoms with E-state index in [1.54, 1.807) is 11.0 Å². The van der Waals surface area contributed by atoms with Crippen molar-refractivity contribution in [2.45, 2.75) is 17.7 Å². The van der Waals surface area contributed by atoms with Gasteiger partial charge in [0.1, 0.15) is 16.5 Å². The van der Waals surface area contributed by atoms with E-state index in [-0.39, 0.29) is 40.7 Å². The molecule has 0 saturated carbocycles. The number of nitrogens with zero attached hydrogens (tertiary/aromatic N) is 2. The third-order valence-electron chi connectivity index (χ3n) is 4.54. The number of carbonyl (C=O) groups is 2. The minimum Gasteiger partial charge on any atom is -0.495 e. The monoisotopic (exact) mass is 418 g/mol. The first kappa shape index (κ1) is 19.0. The molecule has 0 atom stereocenters. The maximum Gasteiger partial charge on any atom is 0.266 e. The number of hydrogen-bond donors (Lipinski definition) is 2. The van der Waals surface area contributed by atoms with Crippen LogP contribution in [0.2, 0.25) is 0 Å². The molecule has 29 heavy (non-hydrogen) atoms. The molecule has 0 bridgehead atoms. The van der Waals surface area contributed by atoms with E-state index in [4.69, 9.17) is 9.47 Å². The van der Waals surface area contributed by atoms with Crippen LogP contribution in [0.15, 0.2) is 35.2 Å². The van der Waals surface area contributed by atoms with Gasteiger partial charge < -0.3 is 19.7 Å². The lowest BCUT2D eigenvalue weighted by atomic mass is 10.3. The average Bonchev–Trinajstić information content (AvgIpc) is 3.12. The third kappa shape index (κ3) is 3.68. The Morgan fingerprint density at radius 1 is 1.24 bits per heavy atom. The molecule has 152 valence electrons. The number of amides is 2. The molecule has 1 aromatic heterocycles. The topological polar surface area (TPSA) is 127 Å². The maximum absolute atomic E-state index is 13.0. The molecule has 0 unspecified atom stereocenters. The van der Waals surface area contributed by atoms with Crippen molar-refractivity contribution in [2.75, 3.05) is 35.2 Å². The summed E-state index contributed by atoms with van der Waals surface area (Å²) in [6, 6.07) is 7.48. The van der Waals surface area contributed by atoms with Gasteiger partial charge in [-0.2, -0.15) is 0 Å². The van der Waals surface area contributed by atoms with Crippen LogP contribution in [0.1, 0.15) is 12.8 Å². The number of hydrogen-bond acceptors (Lipinski definition) is 7. The van der Waals surface area contributed by atoms with Gasteiger partial charge in [-0.25, -0.2) is 13.4 Å². The maximum atomic E-state index is 13.0. The normalized spacial score (nSPS) is 16.1. The number of sulfonamides is 1. The minimum atomic E-state index is -4.09. The van der Waals surface area contributed by atoms with E-state index in [9.17, 15) is 18.0 Å². The summed E-state index contributed by atoms with van der Waals surface area (Å²) in [7, 11) is -2.73. The van der Waals surface area contributed by atoms with Crippen molar-refractivity contribution in [3.8, 4) is 11.5 Å². The fraction of sp³-hybridized carbons (Fsp3) is 0.278. The largest absolute Gasteiger partial charge is 0.495 e. The molecule has 0 radical (unpaired) electrons. The summed E-state index contributed by atoms with van der Waals surface area (Å²) in [4.78, 5) is 29.0. The molecule has 0 aliphatic carbocycles. The zero-order valence-corrected chi connectivity index (χ0v) is 16.3. The van der Waals surface area contributed by atoms with Gasteiger partial charge in [0.05, 0.1) is 7.11 Å². The Morgan fingerprint density at radius 2 is 2.07 bits per heavy atom. The number of anilines is 3. The lowest BCUT2D eigenvalue weighted by molar-refractivity contribution is -0.119. The van der Waals surface area contributed by atoms with Crippen LogP contribution >= 0.6 is 0 Å². The second kappa shape index (κ2) is 7.24. The van der Waals surface area contributed by atoms with Crippen molar-refractivity contribution < 1.29 is 27.5 Å². The minimum absolute atomic E-state index is 0.000690. The highest BCUT2D eigenvalue weighted by atomic mass is 32.2. The molecular weight excluding hydrogens is 400 g/mol.